The van der Waals surface area contributed by atoms with Crippen LogP contribution in [0.3, 0.4) is 0 Å². The van der Waals surface area contributed by atoms with E-state index in [1.807, 2.05) is 12.3 Å². The highest BCUT2D eigenvalue weighted by Crippen LogP contribution is 2.15. The molecule has 10 heteroatoms. The summed E-state index contributed by atoms with van der Waals surface area (Å²) < 4.78 is 0. The van der Waals surface area contributed by atoms with Crippen molar-refractivity contribution in [2.24, 2.45) is 0 Å². The minimum atomic E-state index is -0.485. The minimum absolute atomic E-state index is 0.0127. The van der Waals surface area contributed by atoms with Crippen LogP contribution in [0.25, 0.3) is 0 Å². The number of nitrogens with zero attached hydrogens (tertiary/aromatic N) is 2. The molecule has 8 nitrogen and oxygen atoms in total. The molecule has 0 fully saturated rings. The second kappa shape index (κ2) is 7.61. The Hall–Kier alpha value is -2.59. The van der Waals surface area contributed by atoms with Gasteiger partial charge in [0.2, 0.25) is 5.91 Å². The van der Waals surface area contributed by atoms with Crippen molar-refractivity contribution in [1.29, 1.82) is 0 Å². The van der Waals surface area contributed by atoms with Gasteiger partial charge in [-0.05, 0) is 31.3 Å². The Morgan fingerprint density at radius 3 is 2.61 bits per heavy atom. The molecule has 0 saturated heterocycles. The van der Waals surface area contributed by atoms with E-state index in [-0.39, 0.29) is 23.1 Å². The molecular weight excluding hydrogens is 338 g/mol. The number of carbonyl (C=O) groups excluding carboxylic acids is 1. The molecule has 1 aromatic carbocycles. The maximum absolute atomic E-state index is 11.7. The van der Waals surface area contributed by atoms with E-state index in [0.29, 0.717) is 11.4 Å². The van der Waals surface area contributed by atoms with Crippen molar-refractivity contribution in [2.45, 2.75) is 13.3 Å². The highest BCUT2D eigenvalue weighted by molar-refractivity contribution is 7.80. The average Bonchev–Trinajstić information content (AvgIpc) is 2.91. The third-order valence-electron chi connectivity index (χ3n) is 2.66. The second-order valence-electron chi connectivity index (χ2n) is 4.47. The number of hydrogen-bond donors (Lipinski definition) is 3. The zero-order valence-electron chi connectivity index (χ0n) is 12.0. The lowest BCUT2D eigenvalue weighted by Crippen LogP contribution is -2.44. The molecule has 2 rings (SSSR count). The molecule has 1 amide bonds. The number of nitro groups is 1. The maximum Gasteiger partial charge on any atom is 0.269 e. The van der Waals surface area contributed by atoms with Crippen molar-refractivity contribution in [3.8, 4) is 0 Å². The first-order valence-electron chi connectivity index (χ1n) is 6.45. The van der Waals surface area contributed by atoms with Gasteiger partial charge >= 0.3 is 0 Å². The molecule has 23 heavy (non-hydrogen) atoms. The van der Waals surface area contributed by atoms with Crippen LogP contribution in [-0.4, -0.2) is 20.9 Å². The number of non-ortho nitro benzene ring substituents is 1. The maximum atomic E-state index is 11.7. The van der Waals surface area contributed by atoms with Crippen LogP contribution in [0, 0.1) is 17.0 Å². The number of anilines is 1. The van der Waals surface area contributed by atoms with Crippen molar-refractivity contribution >= 4 is 45.9 Å². The lowest BCUT2D eigenvalue weighted by atomic mass is 10.3. The second-order valence-corrected chi connectivity index (χ2v) is 5.94. The molecule has 0 aliphatic heterocycles. The first-order chi connectivity index (χ1) is 10.9. The molecule has 0 unspecified atom stereocenters. The number of thiazole rings is 1. The van der Waals surface area contributed by atoms with Crippen LogP contribution in [0.4, 0.5) is 11.4 Å². The number of hydrogen-bond acceptors (Lipinski definition) is 6. The highest BCUT2D eigenvalue weighted by Gasteiger charge is 2.07. The van der Waals surface area contributed by atoms with Gasteiger partial charge in [0.1, 0.15) is 0 Å². The fraction of sp³-hybridized carbons (Fsp3) is 0.154. The first kappa shape index (κ1) is 16.8. The van der Waals surface area contributed by atoms with Crippen molar-refractivity contribution in [3.05, 3.63) is 50.5 Å². The summed E-state index contributed by atoms with van der Waals surface area (Å²) in [5, 5.41) is 16.2. The molecule has 1 heterocycles. The predicted octanol–water partition coefficient (Wildman–Crippen LogP) is 1.92. The molecule has 0 atom stereocenters. The molecule has 0 saturated carbocycles. The quantitative estimate of drug-likeness (QED) is 0.438. The summed E-state index contributed by atoms with van der Waals surface area (Å²) in [5.74, 6) is -0.275. The topological polar surface area (TPSA) is 109 Å². The van der Waals surface area contributed by atoms with E-state index < -0.39 is 4.92 Å². The SMILES string of the molecule is Cc1nc(CC(=O)NNC(=S)Nc2ccc([N+](=O)[O-])cc2)cs1. The summed E-state index contributed by atoms with van der Waals surface area (Å²) >= 11 is 6.50. The molecule has 0 spiro atoms. The van der Waals surface area contributed by atoms with E-state index in [2.05, 4.69) is 21.2 Å². The van der Waals surface area contributed by atoms with Gasteiger partial charge in [-0.15, -0.1) is 11.3 Å². The normalized spacial score (nSPS) is 9.96. The number of aryl methyl sites for hydroxylation is 1. The Bertz CT molecular complexity index is 729. The fourth-order valence-corrected chi connectivity index (χ4v) is 2.43. The Labute approximate surface area is 141 Å². The summed E-state index contributed by atoms with van der Waals surface area (Å²) in [5.41, 5.74) is 6.26. The van der Waals surface area contributed by atoms with Gasteiger partial charge in [-0.3, -0.25) is 25.8 Å². The summed E-state index contributed by atoms with van der Waals surface area (Å²) in [6.07, 6.45) is 0.150. The van der Waals surface area contributed by atoms with Gasteiger partial charge in [-0.25, -0.2) is 4.98 Å². The largest absolute Gasteiger partial charge is 0.331 e. The monoisotopic (exact) mass is 351 g/mol. The van der Waals surface area contributed by atoms with Gasteiger partial charge in [-0.1, -0.05) is 0 Å². The summed E-state index contributed by atoms with van der Waals surface area (Å²) in [6, 6.07) is 5.75. The van der Waals surface area contributed by atoms with E-state index in [9.17, 15) is 14.9 Å². The van der Waals surface area contributed by atoms with E-state index in [1.54, 1.807) is 0 Å². The van der Waals surface area contributed by atoms with Gasteiger partial charge < -0.3 is 5.32 Å². The predicted molar refractivity (Wildman–Crippen MR) is 91.2 cm³/mol. The Morgan fingerprint density at radius 2 is 2.04 bits per heavy atom. The summed E-state index contributed by atoms with van der Waals surface area (Å²) in [6.45, 7) is 1.87. The Balaban J connectivity index is 1.78. The number of carbonyl (C=O) groups is 1. The third kappa shape index (κ3) is 5.27. The van der Waals surface area contributed by atoms with E-state index in [0.717, 1.165) is 5.01 Å². The van der Waals surface area contributed by atoms with Crippen LogP contribution >= 0.6 is 23.6 Å². The standard InChI is InChI=1S/C13H13N5O3S2/c1-8-14-10(7-23-8)6-12(19)16-17-13(22)15-9-2-4-11(5-3-9)18(20)21/h2-5,7H,6H2,1H3,(H,16,19)(H2,15,17,22). The number of nitro benzene ring substituents is 1. The van der Waals surface area contributed by atoms with Crippen LogP contribution < -0.4 is 16.2 Å². The van der Waals surface area contributed by atoms with Crippen molar-refractivity contribution < 1.29 is 9.72 Å². The van der Waals surface area contributed by atoms with Crippen LogP contribution in [0.1, 0.15) is 10.7 Å². The number of rotatable bonds is 4. The van der Waals surface area contributed by atoms with Crippen molar-refractivity contribution in [3.63, 3.8) is 0 Å². The van der Waals surface area contributed by atoms with E-state index in [1.165, 1.54) is 35.6 Å². The number of benzene rings is 1. The Kier molecular flexibility index (Phi) is 5.55. The number of amides is 1. The number of thiocarbonyl (C=S) groups is 1. The average molecular weight is 351 g/mol. The van der Waals surface area contributed by atoms with Crippen LogP contribution in [0.5, 0.6) is 0 Å². The molecule has 1 aromatic heterocycles. The van der Waals surface area contributed by atoms with Gasteiger partial charge in [0, 0.05) is 23.2 Å². The first-order valence-corrected chi connectivity index (χ1v) is 7.74. The molecule has 0 radical (unpaired) electrons. The van der Waals surface area contributed by atoms with Gasteiger partial charge in [0.15, 0.2) is 5.11 Å². The van der Waals surface area contributed by atoms with Crippen LogP contribution in [-0.2, 0) is 11.2 Å². The van der Waals surface area contributed by atoms with E-state index >= 15 is 0 Å². The van der Waals surface area contributed by atoms with Crippen LogP contribution in [0.2, 0.25) is 0 Å². The highest BCUT2D eigenvalue weighted by atomic mass is 32.1. The summed E-state index contributed by atoms with van der Waals surface area (Å²) in [7, 11) is 0. The van der Waals surface area contributed by atoms with Gasteiger partial charge in [0.05, 0.1) is 22.0 Å². The Morgan fingerprint density at radius 1 is 1.35 bits per heavy atom. The number of aromatic nitrogens is 1. The van der Waals surface area contributed by atoms with Gasteiger partial charge in [0.25, 0.3) is 5.69 Å². The molecule has 0 aliphatic rings. The fourth-order valence-electron chi connectivity index (χ4n) is 1.65. The molecule has 0 aliphatic carbocycles. The molecule has 0 bridgehead atoms. The van der Waals surface area contributed by atoms with E-state index in [4.69, 9.17) is 12.2 Å². The van der Waals surface area contributed by atoms with Crippen molar-refractivity contribution in [2.75, 3.05) is 5.32 Å². The number of hydrazine groups is 1. The lowest BCUT2D eigenvalue weighted by Gasteiger charge is -2.11. The van der Waals surface area contributed by atoms with Crippen molar-refractivity contribution in [1.82, 2.24) is 15.8 Å². The lowest BCUT2D eigenvalue weighted by molar-refractivity contribution is -0.384. The molecule has 2 aromatic rings. The third-order valence-corrected chi connectivity index (χ3v) is 3.69. The molecule has 120 valence electrons. The number of nitrogens with one attached hydrogen (secondary N) is 3. The van der Waals surface area contributed by atoms with Gasteiger partial charge in [-0.2, -0.15) is 0 Å². The zero-order chi connectivity index (χ0) is 16.8. The van der Waals surface area contributed by atoms with Crippen LogP contribution in [0.15, 0.2) is 29.6 Å². The molecular formula is C13H13N5O3S2. The minimum Gasteiger partial charge on any atom is -0.331 e. The smallest absolute Gasteiger partial charge is 0.269 e. The zero-order valence-corrected chi connectivity index (χ0v) is 13.7. The summed E-state index contributed by atoms with van der Waals surface area (Å²) in [4.78, 5) is 26.0. The molecule has 3 N–H and O–H groups in total.